The Hall–Kier alpha value is -1.65. The van der Waals surface area contributed by atoms with Gasteiger partial charge in [-0.2, -0.15) is 0 Å². The van der Waals surface area contributed by atoms with Crippen LogP contribution in [-0.2, 0) is 11.3 Å². The van der Waals surface area contributed by atoms with E-state index in [9.17, 15) is 4.79 Å². The lowest BCUT2D eigenvalue weighted by atomic mass is 10.1. The van der Waals surface area contributed by atoms with E-state index >= 15 is 0 Å². The maximum atomic E-state index is 12.0. The fourth-order valence-corrected chi connectivity index (χ4v) is 2.29. The first kappa shape index (κ1) is 14.8. The average Bonchev–Trinajstić information content (AvgIpc) is 2.48. The van der Waals surface area contributed by atoms with Crippen LogP contribution in [0, 0.1) is 0 Å². The highest BCUT2D eigenvalue weighted by Gasteiger charge is 2.09. The summed E-state index contributed by atoms with van der Waals surface area (Å²) in [6.07, 6.45) is 0. The highest BCUT2D eigenvalue weighted by atomic mass is 79.9. The van der Waals surface area contributed by atoms with E-state index in [0.717, 1.165) is 15.8 Å². The van der Waals surface area contributed by atoms with Crippen molar-refractivity contribution in [3.63, 3.8) is 0 Å². The number of Topliss-reactive ketones (excluding diaryl/α,β-unsaturated/α-hetero) is 1. The normalized spacial score (nSPS) is 10.3. The number of carbonyl (C=O) groups is 1. The first-order valence-electron chi connectivity index (χ1n) is 6.19. The second-order valence-electron chi connectivity index (χ2n) is 4.25. The highest BCUT2D eigenvalue weighted by molar-refractivity contribution is 9.10. The number of benzene rings is 2. The van der Waals surface area contributed by atoms with Gasteiger partial charge in [-0.05, 0) is 23.8 Å². The largest absolute Gasteiger partial charge is 0.497 e. The van der Waals surface area contributed by atoms with Crippen LogP contribution >= 0.6 is 15.9 Å². The van der Waals surface area contributed by atoms with Gasteiger partial charge in [-0.1, -0.05) is 46.3 Å². The number of hydrogen-bond donors (Lipinski definition) is 0. The summed E-state index contributed by atoms with van der Waals surface area (Å²) in [5.41, 5.74) is 1.61. The van der Waals surface area contributed by atoms with Gasteiger partial charge in [0, 0.05) is 10.0 Å². The van der Waals surface area contributed by atoms with E-state index in [4.69, 9.17) is 9.47 Å². The van der Waals surface area contributed by atoms with Crippen molar-refractivity contribution in [2.24, 2.45) is 0 Å². The first-order chi connectivity index (χ1) is 9.70. The maximum absolute atomic E-state index is 12.0. The number of carbonyl (C=O) groups excluding carboxylic acids is 1. The van der Waals surface area contributed by atoms with E-state index in [2.05, 4.69) is 15.9 Å². The molecule has 0 aliphatic heterocycles. The molecule has 0 aromatic heterocycles. The topological polar surface area (TPSA) is 35.5 Å². The van der Waals surface area contributed by atoms with Crippen LogP contribution in [0.3, 0.4) is 0 Å². The minimum atomic E-state index is -0.0413. The predicted molar refractivity (Wildman–Crippen MR) is 81.1 cm³/mol. The van der Waals surface area contributed by atoms with Crippen LogP contribution in [0.2, 0.25) is 0 Å². The quantitative estimate of drug-likeness (QED) is 0.752. The van der Waals surface area contributed by atoms with Gasteiger partial charge in [-0.3, -0.25) is 4.79 Å². The van der Waals surface area contributed by atoms with Gasteiger partial charge in [-0.25, -0.2) is 0 Å². The van der Waals surface area contributed by atoms with Crippen molar-refractivity contribution in [2.75, 3.05) is 13.7 Å². The minimum absolute atomic E-state index is 0.0413. The van der Waals surface area contributed by atoms with Crippen molar-refractivity contribution in [2.45, 2.75) is 6.61 Å². The van der Waals surface area contributed by atoms with Crippen LogP contribution in [0.5, 0.6) is 5.75 Å². The molecule has 0 heterocycles. The zero-order chi connectivity index (χ0) is 14.4. The fraction of sp³-hybridized carbons (Fsp3) is 0.188. The van der Waals surface area contributed by atoms with Gasteiger partial charge in [0.25, 0.3) is 0 Å². The summed E-state index contributed by atoms with van der Waals surface area (Å²) >= 11 is 3.36. The molecule has 0 saturated carbocycles. The number of methoxy groups -OCH3 is 1. The summed E-state index contributed by atoms with van der Waals surface area (Å²) in [5, 5.41) is 0. The summed E-state index contributed by atoms with van der Waals surface area (Å²) in [6, 6.07) is 14.9. The molecular weight excluding hydrogens is 320 g/mol. The van der Waals surface area contributed by atoms with Gasteiger partial charge in [0.05, 0.1) is 13.7 Å². The van der Waals surface area contributed by atoms with Gasteiger partial charge in [0.2, 0.25) is 0 Å². The van der Waals surface area contributed by atoms with E-state index in [1.807, 2.05) is 42.5 Å². The Balaban J connectivity index is 1.89. The lowest BCUT2D eigenvalue weighted by Crippen LogP contribution is -2.09. The number of rotatable bonds is 6. The second kappa shape index (κ2) is 7.22. The molecule has 0 radical (unpaired) electrons. The lowest BCUT2D eigenvalue weighted by Gasteiger charge is -2.07. The summed E-state index contributed by atoms with van der Waals surface area (Å²) in [6.45, 7) is 0.438. The first-order valence-corrected chi connectivity index (χ1v) is 6.98. The molecule has 0 fully saturated rings. The van der Waals surface area contributed by atoms with Crippen LogP contribution in [0.4, 0.5) is 0 Å². The summed E-state index contributed by atoms with van der Waals surface area (Å²) in [7, 11) is 1.62. The SMILES string of the molecule is COc1cccc(COCC(=O)c2ccccc2Br)c1. The Labute approximate surface area is 126 Å². The van der Waals surface area contributed by atoms with Crippen molar-refractivity contribution >= 4 is 21.7 Å². The monoisotopic (exact) mass is 334 g/mol. The van der Waals surface area contributed by atoms with Crippen molar-refractivity contribution in [1.82, 2.24) is 0 Å². The van der Waals surface area contributed by atoms with Gasteiger partial charge in [0.15, 0.2) is 5.78 Å². The zero-order valence-corrected chi connectivity index (χ0v) is 12.7. The Morgan fingerprint density at radius 2 is 1.95 bits per heavy atom. The second-order valence-corrected chi connectivity index (χ2v) is 5.10. The van der Waals surface area contributed by atoms with Crippen molar-refractivity contribution in [3.8, 4) is 5.75 Å². The molecule has 0 amide bonds. The molecule has 0 spiro atoms. The van der Waals surface area contributed by atoms with Crippen molar-refractivity contribution in [1.29, 1.82) is 0 Å². The van der Waals surface area contributed by atoms with Crippen molar-refractivity contribution < 1.29 is 14.3 Å². The fourth-order valence-electron chi connectivity index (χ4n) is 1.79. The van der Waals surface area contributed by atoms with Gasteiger partial charge in [0.1, 0.15) is 12.4 Å². The summed E-state index contributed by atoms with van der Waals surface area (Å²) in [4.78, 5) is 12.0. The van der Waals surface area contributed by atoms with Gasteiger partial charge < -0.3 is 9.47 Å². The third kappa shape index (κ3) is 3.92. The minimum Gasteiger partial charge on any atom is -0.497 e. The number of hydrogen-bond acceptors (Lipinski definition) is 3. The molecule has 2 rings (SSSR count). The van der Waals surface area contributed by atoms with Crippen LogP contribution in [0.1, 0.15) is 15.9 Å². The molecule has 2 aromatic carbocycles. The van der Waals surface area contributed by atoms with Crippen LogP contribution in [-0.4, -0.2) is 19.5 Å². The molecule has 3 nitrogen and oxygen atoms in total. The Bertz CT molecular complexity index is 596. The van der Waals surface area contributed by atoms with Gasteiger partial charge in [-0.15, -0.1) is 0 Å². The predicted octanol–water partition coefficient (Wildman–Crippen LogP) is 3.86. The summed E-state index contributed by atoms with van der Waals surface area (Å²) < 4.78 is 11.4. The molecule has 0 aliphatic rings. The molecule has 0 bridgehead atoms. The number of halogens is 1. The molecule has 0 saturated heterocycles. The van der Waals surface area contributed by atoms with Gasteiger partial charge >= 0.3 is 0 Å². The third-order valence-electron chi connectivity index (χ3n) is 2.81. The molecule has 4 heteroatoms. The van der Waals surface area contributed by atoms with Crippen LogP contribution in [0.15, 0.2) is 53.0 Å². The molecule has 104 valence electrons. The Morgan fingerprint density at radius 1 is 1.15 bits per heavy atom. The standard InChI is InChI=1S/C16H15BrO3/c1-19-13-6-4-5-12(9-13)10-20-11-16(18)14-7-2-3-8-15(14)17/h2-9H,10-11H2,1H3. The number of ketones is 1. The average molecular weight is 335 g/mol. The van der Waals surface area contributed by atoms with E-state index in [1.165, 1.54) is 0 Å². The molecule has 2 aromatic rings. The smallest absolute Gasteiger partial charge is 0.189 e. The zero-order valence-electron chi connectivity index (χ0n) is 11.1. The van der Waals surface area contributed by atoms with E-state index in [0.29, 0.717) is 12.2 Å². The number of ether oxygens (including phenoxy) is 2. The third-order valence-corrected chi connectivity index (χ3v) is 3.50. The highest BCUT2D eigenvalue weighted by Crippen LogP contribution is 2.17. The molecule has 0 atom stereocenters. The Morgan fingerprint density at radius 3 is 2.70 bits per heavy atom. The lowest BCUT2D eigenvalue weighted by molar-refractivity contribution is 0.0725. The summed E-state index contributed by atoms with van der Waals surface area (Å²) in [5.74, 6) is 0.739. The van der Waals surface area contributed by atoms with Crippen molar-refractivity contribution in [3.05, 3.63) is 64.1 Å². The molecule has 0 N–H and O–H groups in total. The van der Waals surface area contributed by atoms with E-state index in [-0.39, 0.29) is 12.4 Å². The molecule has 0 unspecified atom stereocenters. The molecular formula is C16H15BrO3. The molecule has 20 heavy (non-hydrogen) atoms. The maximum Gasteiger partial charge on any atom is 0.189 e. The van der Waals surface area contributed by atoms with Crippen LogP contribution in [0.25, 0.3) is 0 Å². The van der Waals surface area contributed by atoms with E-state index < -0.39 is 0 Å². The molecule has 0 aliphatic carbocycles. The van der Waals surface area contributed by atoms with Crippen LogP contribution < -0.4 is 4.74 Å². The Kier molecular flexibility index (Phi) is 5.32. The van der Waals surface area contributed by atoms with E-state index in [1.54, 1.807) is 13.2 Å².